The van der Waals surface area contributed by atoms with Crippen LogP contribution in [-0.2, 0) is 0 Å². The first-order chi connectivity index (χ1) is 6.25. The Bertz CT molecular complexity index is 275. The van der Waals surface area contributed by atoms with Crippen LogP contribution in [0.1, 0.15) is 41.5 Å². The van der Waals surface area contributed by atoms with Crippen LogP contribution < -0.4 is 0 Å². The zero-order valence-corrected chi connectivity index (χ0v) is 8.81. The van der Waals surface area contributed by atoms with Gasteiger partial charge in [-0.3, -0.25) is 0 Å². The Balaban J connectivity index is 1.84. The molecule has 0 aliphatic heterocycles. The lowest BCUT2D eigenvalue weighted by molar-refractivity contribution is 0.166. The van der Waals surface area contributed by atoms with Crippen LogP contribution in [0.5, 0.6) is 0 Å². The van der Waals surface area contributed by atoms with E-state index < -0.39 is 0 Å². The van der Waals surface area contributed by atoms with Crippen molar-refractivity contribution in [2.24, 2.45) is 5.92 Å². The molecule has 0 aromatic carbocycles. The molecule has 2 rings (SSSR count). The van der Waals surface area contributed by atoms with Crippen LogP contribution >= 0.6 is 11.3 Å². The van der Waals surface area contributed by atoms with E-state index in [0.29, 0.717) is 0 Å². The Morgan fingerprint density at radius 1 is 1.54 bits per heavy atom. The summed E-state index contributed by atoms with van der Waals surface area (Å²) in [6.07, 6.45) is 4.72. The molecule has 1 aliphatic rings. The molecular weight excluding hydrogens is 180 g/mol. The molecule has 1 unspecified atom stereocenters. The van der Waals surface area contributed by atoms with E-state index in [1.165, 1.54) is 24.1 Å². The van der Waals surface area contributed by atoms with Crippen molar-refractivity contribution in [3.05, 3.63) is 21.9 Å². The van der Waals surface area contributed by atoms with Gasteiger partial charge in [0.2, 0.25) is 0 Å². The molecule has 0 amide bonds. The lowest BCUT2D eigenvalue weighted by atomic mass is 10.1. The minimum Gasteiger partial charge on any atom is -0.388 e. The number of hydrogen-bond acceptors (Lipinski definition) is 2. The van der Waals surface area contributed by atoms with Crippen LogP contribution in [0.25, 0.3) is 0 Å². The predicted molar refractivity (Wildman–Crippen MR) is 56.0 cm³/mol. The van der Waals surface area contributed by atoms with E-state index in [9.17, 15) is 5.11 Å². The number of rotatable bonds is 4. The smallest absolute Gasteiger partial charge is 0.0882 e. The van der Waals surface area contributed by atoms with Crippen molar-refractivity contribution < 1.29 is 5.11 Å². The highest BCUT2D eigenvalue weighted by Gasteiger charge is 2.22. The average Bonchev–Trinajstić information content (AvgIpc) is 2.84. The summed E-state index contributed by atoms with van der Waals surface area (Å²) in [5.41, 5.74) is 0. The fourth-order valence-electron chi connectivity index (χ4n) is 1.57. The van der Waals surface area contributed by atoms with Crippen LogP contribution in [0.2, 0.25) is 0 Å². The Kier molecular flexibility index (Phi) is 2.70. The summed E-state index contributed by atoms with van der Waals surface area (Å²) < 4.78 is 0. The van der Waals surface area contributed by atoms with Crippen molar-refractivity contribution in [1.29, 1.82) is 0 Å². The Morgan fingerprint density at radius 2 is 2.31 bits per heavy atom. The lowest BCUT2D eigenvalue weighted by Gasteiger charge is -2.06. The maximum absolute atomic E-state index is 9.82. The highest BCUT2D eigenvalue weighted by atomic mass is 32.1. The van der Waals surface area contributed by atoms with E-state index in [-0.39, 0.29) is 6.10 Å². The highest BCUT2D eigenvalue weighted by Crippen LogP contribution is 2.36. The monoisotopic (exact) mass is 196 g/mol. The molecule has 1 aromatic heterocycles. The summed E-state index contributed by atoms with van der Waals surface area (Å²) in [5.74, 6) is 0.927. The number of hydrogen-bond donors (Lipinski definition) is 1. The molecule has 1 heterocycles. The van der Waals surface area contributed by atoms with Gasteiger partial charge in [-0.2, -0.15) is 0 Å². The molecule has 72 valence electrons. The molecule has 1 N–H and O–H groups in total. The van der Waals surface area contributed by atoms with Gasteiger partial charge in [0, 0.05) is 9.75 Å². The maximum atomic E-state index is 9.82. The number of aliphatic hydroxyl groups excluding tert-OH is 1. The molecule has 1 fully saturated rings. The van der Waals surface area contributed by atoms with Crippen LogP contribution in [-0.4, -0.2) is 5.11 Å². The van der Waals surface area contributed by atoms with E-state index in [1.54, 1.807) is 11.3 Å². The SMILES string of the molecule is Cc1ccc(C(O)CCC2CC2)s1. The van der Waals surface area contributed by atoms with Crippen molar-refractivity contribution in [2.75, 3.05) is 0 Å². The predicted octanol–water partition coefficient (Wildman–Crippen LogP) is 3.28. The Labute approximate surface area is 83.4 Å². The van der Waals surface area contributed by atoms with Crippen molar-refractivity contribution in [3.63, 3.8) is 0 Å². The molecule has 1 saturated carbocycles. The molecule has 0 radical (unpaired) electrons. The van der Waals surface area contributed by atoms with Crippen LogP contribution in [0.3, 0.4) is 0 Å². The second-order valence-corrected chi connectivity index (χ2v) is 5.30. The second-order valence-electron chi connectivity index (χ2n) is 3.98. The highest BCUT2D eigenvalue weighted by molar-refractivity contribution is 7.11. The van der Waals surface area contributed by atoms with Crippen molar-refractivity contribution in [3.8, 4) is 0 Å². The normalized spacial score (nSPS) is 18.9. The van der Waals surface area contributed by atoms with Crippen LogP contribution in [0.15, 0.2) is 12.1 Å². The number of aryl methyl sites for hydroxylation is 1. The standard InChI is InChI=1S/C11H16OS/c1-8-2-7-11(13-8)10(12)6-5-9-3-4-9/h2,7,9-10,12H,3-6H2,1H3. The van der Waals surface area contributed by atoms with Crippen molar-refractivity contribution in [2.45, 2.75) is 38.7 Å². The fraction of sp³-hybridized carbons (Fsp3) is 0.636. The quantitative estimate of drug-likeness (QED) is 0.783. The molecule has 1 nitrogen and oxygen atoms in total. The Hall–Kier alpha value is -0.340. The van der Waals surface area contributed by atoms with Gasteiger partial charge < -0.3 is 5.11 Å². The van der Waals surface area contributed by atoms with Gasteiger partial charge in [0.15, 0.2) is 0 Å². The van der Waals surface area contributed by atoms with Crippen molar-refractivity contribution >= 4 is 11.3 Å². The minimum absolute atomic E-state index is 0.209. The molecule has 2 heteroatoms. The van der Waals surface area contributed by atoms with E-state index in [1.807, 2.05) is 0 Å². The van der Waals surface area contributed by atoms with E-state index >= 15 is 0 Å². The van der Waals surface area contributed by atoms with E-state index in [2.05, 4.69) is 19.1 Å². The summed E-state index contributed by atoms with van der Waals surface area (Å²) in [5, 5.41) is 9.82. The first-order valence-corrected chi connectivity index (χ1v) is 5.82. The van der Waals surface area contributed by atoms with Gasteiger partial charge in [-0.1, -0.05) is 12.8 Å². The third kappa shape index (κ3) is 2.55. The van der Waals surface area contributed by atoms with Gasteiger partial charge in [0.05, 0.1) is 6.10 Å². The largest absolute Gasteiger partial charge is 0.388 e. The van der Waals surface area contributed by atoms with Crippen LogP contribution in [0, 0.1) is 12.8 Å². The Morgan fingerprint density at radius 3 is 2.85 bits per heavy atom. The van der Waals surface area contributed by atoms with Crippen LogP contribution in [0.4, 0.5) is 0 Å². The molecule has 1 aliphatic carbocycles. The topological polar surface area (TPSA) is 20.2 Å². The molecule has 1 atom stereocenters. The average molecular weight is 196 g/mol. The third-order valence-electron chi connectivity index (χ3n) is 2.63. The molecule has 0 bridgehead atoms. The molecule has 13 heavy (non-hydrogen) atoms. The molecule has 0 saturated heterocycles. The van der Waals surface area contributed by atoms with E-state index in [0.717, 1.165) is 17.2 Å². The first-order valence-electron chi connectivity index (χ1n) is 5.00. The molecule has 0 spiro atoms. The summed E-state index contributed by atoms with van der Waals surface area (Å²) >= 11 is 1.72. The zero-order chi connectivity index (χ0) is 9.26. The fourth-order valence-corrected chi connectivity index (χ4v) is 2.47. The van der Waals surface area contributed by atoms with E-state index in [4.69, 9.17) is 0 Å². The summed E-state index contributed by atoms with van der Waals surface area (Å²) in [7, 11) is 0. The van der Waals surface area contributed by atoms with Gasteiger partial charge >= 0.3 is 0 Å². The van der Waals surface area contributed by atoms with Gasteiger partial charge in [0.25, 0.3) is 0 Å². The van der Waals surface area contributed by atoms with Gasteiger partial charge in [-0.25, -0.2) is 0 Å². The summed E-state index contributed by atoms with van der Waals surface area (Å²) in [6, 6.07) is 4.14. The van der Waals surface area contributed by atoms with Gasteiger partial charge in [-0.05, 0) is 37.8 Å². The zero-order valence-electron chi connectivity index (χ0n) is 7.99. The summed E-state index contributed by atoms with van der Waals surface area (Å²) in [6.45, 7) is 2.09. The number of aliphatic hydroxyl groups is 1. The molecule has 1 aromatic rings. The third-order valence-corrected chi connectivity index (χ3v) is 3.74. The van der Waals surface area contributed by atoms with Gasteiger partial charge in [-0.15, -0.1) is 11.3 Å². The second kappa shape index (κ2) is 3.81. The van der Waals surface area contributed by atoms with Crippen molar-refractivity contribution in [1.82, 2.24) is 0 Å². The summed E-state index contributed by atoms with van der Waals surface area (Å²) in [4.78, 5) is 2.43. The first kappa shape index (κ1) is 9.22. The minimum atomic E-state index is -0.209. The maximum Gasteiger partial charge on any atom is 0.0882 e. The van der Waals surface area contributed by atoms with Gasteiger partial charge in [0.1, 0.15) is 0 Å². The lowest BCUT2D eigenvalue weighted by Crippen LogP contribution is -1.94. The molecular formula is C11H16OS. The number of thiophene rings is 1.